The molecule has 2 heterocycles. The minimum Gasteiger partial charge on any atom is -0.371 e. The summed E-state index contributed by atoms with van der Waals surface area (Å²) in [7, 11) is 1.52. The lowest BCUT2D eigenvalue weighted by atomic mass is 10.0. The number of non-ortho nitro benzene ring substituents is 1. The molecule has 3 rings (SSSR count). The number of rotatable bonds is 4. The molecule has 8 nitrogen and oxygen atoms in total. The van der Waals surface area contributed by atoms with Crippen molar-refractivity contribution in [2.24, 2.45) is 0 Å². The van der Waals surface area contributed by atoms with E-state index in [-0.39, 0.29) is 11.6 Å². The monoisotopic (exact) mass is 329 g/mol. The molecule has 1 saturated heterocycles. The third kappa shape index (κ3) is 3.08. The molecular formula is C16H19N5O3. The van der Waals surface area contributed by atoms with Crippen LogP contribution in [0.15, 0.2) is 36.9 Å². The number of hydrogen-bond acceptors (Lipinski definition) is 5. The molecule has 0 spiro atoms. The molecule has 8 heteroatoms. The molecule has 0 unspecified atom stereocenters. The predicted molar refractivity (Wildman–Crippen MR) is 89.2 cm³/mol. The van der Waals surface area contributed by atoms with Crippen molar-refractivity contribution in [2.75, 3.05) is 25.0 Å². The van der Waals surface area contributed by atoms with Crippen LogP contribution in [-0.2, 0) is 0 Å². The number of amides is 1. The summed E-state index contributed by atoms with van der Waals surface area (Å²) >= 11 is 0. The van der Waals surface area contributed by atoms with E-state index in [0.29, 0.717) is 11.6 Å². The lowest BCUT2D eigenvalue weighted by Crippen LogP contribution is -2.36. The summed E-state index contributed by atoms with van der Waals surface area (Å²) in [6, 6.07) is 4.85. The van der Waals surface area contributed by atoms with Crippen molar-refractivity contribution in [1.82, 2.24) is 14.9 Å². The number of aromatic nitrogens is 2. The van der Waals surface area contributed by atoms with E-state index in [2.05, 4.69) is 19.8 Å². The van der Waals surface area contributed by atoms with Crippen molar-refractivity contribution >= 4 is 17.3 Å². The Labute approximate surface area is 139 Å². The normalized spacial score (nSPS) is 15.3. The van der Waals surface area contributed by atoms with E-state index in [9.17, 15) is 14.9 Å². The summed E-state index contributed by atoms with van der Waals surface area (Å²) in [5.41, 5.74) is 1.00. The van der Waals surface area contributed by atoms with Crippen LogP contribution in [0.25, 0.3) is 0 Å². The molecule has 1 aliphatic heterocycles. The second-order valence-corrected chi connectivity index (χ2v) is 5.77. The second-order valence-electron chi connectivity index (χ2n) is 5.77. The van der Waals surface area contributed by atoms with Crippen molar-refractivity contribution in [3.05, 3.63) is 52.6 Å². The number of nitro benzene ring substituents is 1. The highest BCUT2D eigenvalue weighted by atomic mass is 16.6. The molecule has 24 heavy (non-hydrogen) atoms. The van der Waals surface area contributed by atoms with E-state index in [0.717, 1.165) is 31.6 Å². The Morgan fingerprint density at radius 3 is 2.71 bits per heavy atom. The maximum atomic E-state index is 12.1. The van der Waals surface area contributed by atoms with Gasteiger partial charge in [-0.05, 0) is 18.9 Å². The van der Waals surface area contributed by atoms with Crippen molar-refractivity contribution in [3.8, 4) is 0 Å². The van der Waals surface area contributed by atoms with Crippen LogP contribution in [0.2, 0.25) is 0 Å². The van der Waals surface area contributed by atoms with Crippen LogP contribution >= 0.6 is 0 Å². The minimum absolute atomic E-state index is 0.0781. The third-order valence-corrected chi connectivity index (χ3v) is 4.41. The number of carbonyl (C=O) groups is 1. The number of carbonyl (C=O) groups excluding carboxylic acids is 1. The van der Waals surface area contributed by atoms with Gasteiger partial charge in [0, 0.05) is 50.7 Å². The van der Waals surface area contributed by atoms with Gasteiger partial charge in [-0.2, -0.15) is 0 Å². The standard InChI is InChI=1S/C16H19N5O3/c1-17-16(22)14-10-13(21(23)24)2-3-15(14)19-7-4-12(5-8-19)20-9-6-18-11-20/h2-3,6,9-12H,4-5,7-8H2,1H3,(H,17,22). The molecular weight excluding hydrogens is 310 g/mol. The largest absolute Gasteiger partial charge is 0.371 e. The third-order valence-electron chi connectivity index (χ3n) is 4.41. The van der Waals surface area contributed by atoms with Crippen LogP contribution in [0.1, 0.15) is 29.2 Å². The topological polar surface area (TPSA) is 93.3 Å². The minimum atomic E-state index is -0.485. The number of nitro groups is 1. The SMILES string of the molecule is CNC(=O)c1cc([N+](=O)[O-])ccc1N1CCC(n2ccnc2)CC1. The zero-order valence-electron chi connectivity index (χ0n) is 13.4. The number of hydrogen-bond donors (Lipinski definition) is 1. The molecule has 0 aliphatic carbocycles. The van der Waals surface area contributed by atoms with E-state index >= 15 is 0 Å². The predicted octanol–water partition coefficient (Wildman–Crippen LogP) is 1.99. The number of anilines is 1. The van der Waals surface area contributed by atoms with Crippen LogP contribution in [0.4, 0.5) is 11.4 Å². The number of imidazole rings is 1. The Morgan fingerprint density at radius 2 is 2.12 bits per heavy atom. The first kappa shape index (κ1) is 16.0. The van der Waals surface area contributed by atoms with Gasteiger partial charge in [0.05, 0.1) is 22.5 Å². The molecule has 0 radical (unpaired) electrons. The van der Waals surface area contributed by atoms with Gasteiger partial charge in [-0.15, -0.1) is 0 Å². The number of nitrogens with zero attached hydrogens (tertiary/aromatic N) is 4. The van der Waals surface area contributed by atoms with Crippen LogP contribution in [-0.4, -0.2) is 40.5 Å². The first-order chi connectivity index (χ1) is 11.6. The van der Waals surface area contributed by atoms with E-state index in [1.54, 1.807) is 12.3 Å². The van der Waals surface area contributed by atoms with Gasteiger partial charge in [-0.1, -0.05) is 0 Å². The molecule has 0 saturated carbocycles. The number of nitrogens with one attached hydrogen (secondary N) is 1. The molecule has 1 aromatic heterocycles. The van der Waals surface area contributed by atoms with Gasteiger partial charge in [-0.3, -0.25) is 14.9 Å². The maximum Gasteiger partial charge on any atom is 0.270 e. The Morgan fingerprint density at radius 1 is 1.38 bits per heavy atom. The second kappa shape index (κ2) is 6.69. The lowest BCUT2D eigenvalue weighted by molar-refractivity contribution is -0.384. The smallest absolute Gasteiger partial charge is 0.270 e. The Balaban J connectivity index is 1.82. The fourth-order valence-electron chi connectivity index (χ4n) is 3.12. The molecule has 0 atom stereocenters. The Kier molecular flexibility index (Phi) is 4.45. The van der Waals surface area contributed by atoms with Crippen molar-refractivity contribution in [1.29, 1.82) is 0 Å². The van der Waals surface area contributed by atoms with Gasteiger partial charge in [0.2, 0.25) is 0 Å². The van der Waals surface area contributed by atoms with Crippen molar-refractivity contribution in [3.63, 3.8) is 0 Å². The molecule has 1 amide bonds. The Bertz CT molecular complexity index is 736. The number of benzene rings is 1. The highest BCUT2D eigenvalue weighted by molar-refractivity contribution is 6.00. The highest BCUT2D eigenvalue weighted by Crippen LogP contribution is 2.30. The molecule has 1 aromatic carbocycles. The quantitative estimate of drug-likeness (QED) is 0.684. The van der Waals surface area contributed by atoms with Gasteiger partial charge < -0.3 is 14.8 Å². The fraction of sp³-hybridized carbons (Fsp3) is 0.375. The van der Waals surface area contributed by atoms with Crippen LogP contribution in [0.5, 0.6) is 0 Å². The van der Waals surface area contributed by atoms with E-state index < -0.39 is 4.92 Å². The van der Waals surface area contributed by atoms with Crippen LogP contribution in [0.3, 0.4) is 0 Å². The average Bonchev–Trinajstić information content (AvgIpc) is 3.15. The van der Waals surface area contributed by atoms with E-state index in [1.807, 2.05) is 12.5 Å². The zero-order valence-corrected chi connectivity index (χ0v) is 13.4. The van der Waals surface area contributed by atoms with Gasteiger partial charge in [0.25, 0.3) is 11.6 Å². The average molecular weight is 329 g/mol. The van der Waals surface area contributed by atoms with Gasteiger partial charge in [0.15, 0.2) is 0 Å². The molecule has 1 fully saturated rings. The maximum absolute atomic E-state index is 12.1. The molecule has 0 bridgehead atoms. The summed E-state index contributed by atoms with van der Waals surface area (Å²) < 4.78 is 2.10. The van der Waals surface area contributed by atoms with Gasteiger partial charge >= 0.3 is 0 Å². The highest BCUT2D eigenvalue weighted by Gasteiger charge is 2.25. The van der Waals surface area contributed by atoms with Gasteiger partial charge in [0.1, 0.15) is 0 Å². The van der Waals surface area contributed by atoms with Crippen molar-refractivity contribution < 1.29 is 9.72 Å². The van der Waals surface area contributed by atoms with Crippen LogP contribution < -0.4 is 10.2 Å². The van der Waals surface area contributed by atoms with E-state index in [1.165, 1.54) is 19.2 Å². The summed E-state index contributed by atoms with van der Waals surface area (Å²) in [5.74, 6) is -0.314. The fourth-order valence-corrected chi connectivity index (χ4v) is 3.12. The van der Waals surface area contributed by atoms with E-state index in [4.69, 9.17) is 0 Å². The Hall–Kier alpha value is -2.90. The van der Waals surface area contributed by atoms with Crippen LogP contribution in [0, 0.1) is 10.1 Å². The summed E-state index contributed by atoms with van der Waals surface area (Å²) in [4.78, 5) is 28.8. The molecule has 1 aliphatic rings. The first-order valence-corrected chi connectivity index (χ1v) is 7.83. The van der Waals surface area contributed by atoms with Gasteiger partial charge in [-0.25, -0.2) is 4.98 Å². The van der Waals surface area contributed by atoms with Crippen molar-refractivity contribution in [2.45, 2.75) is 18.9 Å². The summed E-state index contributed by atoms with van der Waals surface area (Å²) in [5, 5.41) is 13.5. The zero-order chi connectivity index (χ0) is 17.1. The first-order valence-electron chi connectivity index (χ1n) is 7.83. The molecule has 1 N–H and O–H groups in total. The summed E-state index contributed by atoms with van der Waals surface area (Å²) in [6.07, 6.45) is 7.41. The lowest BCUT2D eigenvalue weighted by Gasteiger charge is -2.35. The summed E-state index contributed by atoms with van der Waals surface area (Å²) in [6.45, 7) is 1.56. The number of piperidine rings is 1. The molecule has 126 valence electrons. The molecule has 2 aromatic rings.